The second kappa shape index (κ2) is 9.04. The normalized spacial score (nSPS) is 35.9. The lowest BCUT2D eigenvalue weighted by Gasteiger charge is -2.39. The molecule has 1 heterocycles. The smallest absolute Gasteiger partial charge is 0.127 e. The first-order valence-electron chi connectivity index (χ1n) is 9.45. The fourth-order valence-corrected chi connectivity index (χ4v) is 4.94. The average Bonchev–Trinajstić information content (AvgIpc) is 2.45. The molecule has 136 valence electrons. The van der Waals surface area contributed by atoms with Gasteiger partial charge in [0.15, 0.2) is 0 Å². The van der Waals surface area contributed by atoms with Crippen LogP contribution in [-0.4, -0.2) is 68.9 Å². The number of hydrogen-bond donors (Lipinski definition) is 4. The van der Waals surface area contributed by atoms with Gasteiger partial charge in [-0.05, 0) is 30.6 Å². The molecule has 0 amide bonds. The molecule has 2 fully saturated rings. The lowest BCUT2D eigenvalue weighted by Crippen LogP contribution is -3.28. The molecule has 4 nitrogen and oxygen atoms in total. The Morgan fingerprint density at radius 3 is 2.43 bits per heavy atom. The molecule has 0 spiro atoms. The van der Waals surface area contributed by atoms with Crippen LogP contribution in [0.2, 0.25) is 0 Å². The molecule has 2 aliphatic rings. The summed E-state index contributed by atoms with van der Waals surface area (Å²) in [5.41, 5.74) is 0.422. The van der Waals surface area contributed by atoms with Crippen LogP contribution in [0, 0.1) is 11.3 Å². The summed E-state index contributed by atoms with van der Waals surface area (Å²) in [7, 11) is 0. The van der Waals surface area contributed by atoms with Crippen LogP contribution in [0.1, 0.15) is 40.0 Å². The fraction of sp³-hybridized carbons (Fsp3) is 1.00. The van der Waals surface area contributed by atoms with Crippen LogP contribution in [0.25, 0.3) is 0 Å². The van der Waals surface area contributed by atoms with E-state index in [4.69, 9.17) is 22.5 Å². The molecular formula is C18H38N2O2S+2. The number of piperazine rings is 1. The van der Waals surface area contributed by atoms with Crippen molar-refractivity contribution in [2.75, 3.05) is 52.5 Å². The molecule has 1 saturated heterocycles. The highest BCUT2D eigenvalue weighted by molar-refractivity contribution is 7.81. The Balaban J connectivity index is 1.64. The van der Waals surface area contributed by atoms with Crippen molar-refractivity contribution in [3.63, 3.8) is 0 Å². The summed E-state index contributed by atoms with van der Waals surface area (Å²) in [5, 5.41) is 9.36. The van der Waals surface area contributed by atoms with Gasteiger partial charge < -0.3 is 19.6 Å². The molecule has 5 heteroatoms. The average molecular weight is 347 g/mol. The number of quaternary nitrogens is 2. The summed E-state index contributed by atoms with van der Waals surface area (Å²) in [5.74, 6) is 0.773. The lowest BCUT2D eigenvalue weighted by molar-refractivity contribution is -1.01. The minimum atomic E-state index is 0.309. The van der Waals surface area contributed by atoms with Crippen molar-refractivity contribution in [3.05, 3.63) is 0 Å². The highest BCUT2D eigenvalue weighted by Crippen LogP contribution is 2.39. The number of nitrogens with one attached hydrogen (secondary N) is 2. The third kappa shape index (κ3) is 6.91. The van der Waals surface area contributed by atoms with Crippen LogP contribution in [0.3, 0.4) is 0 Å². The molecule has 0 radical (unpaired) electrons. The van der Waals surface area contributed by atoms with E-state index in [1.807, 2.05) is 0 Å². The first kappa shape index (κ1) is 19.5. The van der Waals surface area contributed by atoms with Gasteiger partial charge in [-0.1, -0.05) is 20.8 Å². The van der Waals surface area contributed by atoms with Crippen molar-refractivity contribution in [3.8, 4) is 0 Å². The van der Waals surface area contributed by atoms with Crippen LogP contribution in [-0.2, 0) is 4.74 Å². The zero-order valence-corrected chi connectivity index (χ0v) is 16.2. The Labute approximate surface area is 148 Å². The molecule has 0 bridgehead atoms. The van der Waals surface area contributed by atoms with Crippen LogP contribution < -0.4 is 9.80 Å². The first-order valence-corrected chi connectivity index (χ1v) is 9.97. The quantitative estimate of drug-likeness (QED) is 0.460. The highest BCUT2D eigenvalue weighted by Gasteiger charge is 2.33. The SMILES string of the molecule is C[C@@H]1C[C@@H](OC[C@H](S)C[NH+]2CC[NH+](CCO)CC2)CC(C)(C)C1. The second-order valence-corrected chi connectivity index (χ2v) is 9.43. The minimum Gasteiger partial charge on any atom is -0.391 e. The minimum absolute atomic E-state index is 0.309. The Morgan fingerprint density at radius 1 is 1.17 bits per heavy atom. The van der Waals surface area contributed by atoms with E-state index in [2.05, 4.69) is 20.8 Å². The maximum atomic E-state index is 9.02. The number of aliphatic hydroxyl groups is 1. The van der Waals surface area contributed by atoms with Crippen LogP contribution in [0.4, 0.5) is 0 Å². The highest BCUT2D eigenvalue weighted by atomic mass is 32.1. The van der Waals surface area contributed by atoms with E-state index in [1.165, 1.54) is 45.4 Å². The fourth-order valence-electron chi connectivity index (χ4n) is 4.59. The zero-order chi connectivity index (χ0) is 16.9. The Morgan fingerprint density at radius 2 is 1.83 bits per heavy atom. The van der Waals surface area contributed by atoms with Crippen molar-refractivity contribution in [2.45, 2.75) is 51.4 Å². The molecule has 3 atom stereocenters. The number of hydrogen-bond acceptors (Lipinski definition) is 3. The van der Waals surface area contributed by atoms with E-state index in [-0.39, 0.29) is 0 Å². The largest absolute Gasteiger partial charge is 0.391 e. The van der Waals surface area contributed by atoms with Crippen molar-refractivity contribution in [1.82, 2.24) is 0 Å². The van der Waals surface area contributed by atoms with Gasteiger partial charge in [0.05, 0.1) is 31.1 Å². The summed E-state index contributed by atoms with van der Waals surface area (Å²) in [6.45, 7) is 14.9. The van der Waals surface area contributed by atoms with Crippen molar-refractivity contribution in [1.29, 1.82) is 0 Å². The van der Waals surface area contributed by atoms with E-state index in [9.17, 15) is 0 Å². The van der Waals surface area contributed by atoms with Gasteiger partial charge in [-0.25, -0.2) is 0 Å². The molecule has 0 unspecified atom stereocenters. The number of aliphatic hydroxyl groups excluding tert-OH is 1. The Hall–Kier alpha value is 0.190. The maximum absolute atomic E-state index is 9.02. The summed E-state index contributed by atoms with van der Waals surface area (Å²) < 4.78 is 6.22. The molecule has 1 aliphatic heterocycles. The van der Waals surface area contributed by atoms with E-state index >= 15 is 0 Å². The molecule has 1 saturated carbocycles. The third-order valence-corrected chi connectivity index (χ3v) is 5.86. The summed E-state index contributed by atoms with van der Waals surface area (Å²) in [4.78, 5) is 3.19. The van der Waals surface area contributed by atoms with Gasteiger partial charge >= 0.3 is 0 Å². The van der Waals surface area contributed by atoms with Crippen molar-refractivity contribution in [2.24, 2.45) is 11.3 Å². The zero-order valence-electron chi connectivity index (χ0n) is 15.3. The molecule has 23 heavy (non-hydrogen) atoms. The number of rotatable bonds is 7. The predicted octanol–water partition coefficient (Wildman–Crippen LogP) is -0.708. The van der Waals surface area contributed by atoms with Gasteiger partial charge in [0.25, 0.3) is 0 Å². The van der Waals surface area contributed by atoms with Crippen LogP contribution in [0.15, 0.2) is 0 Å². The summed E-state index contributed by atoms with van der Waals surface area (Å²) in [6, 6.07) is 0. The molecule has 0 aromatic carbocycles. The van der Waals surface area contributed by atoms with Crippen molar-refractivity contribution < 1.29 is 19.6 Å². The monoisotopic (exact) mass is 346 g/mol. The lowest BCUT2D eigenvalue weighted by atomic mass is 9.71. The summed E-state index contributed by atoms with van der Waals surface area (Å²) >= 11 is 4.78. The number of ether oxygens (including phenoxy) is 1. The predicted molar refractivity (Wildman–Crippen MR) is 97.5 cm³/mol. The van der Waals surface area contributed by atoms with Crippen LogP contribution >= 0.6 is 12.6 Å². The van der Waals surface area contributed by atoms with Gasteiger partial charge in [-0.3, -0.25) is 0 Å². The molecule has 1 aliphatic carbocycles. The maximum Gasteiger partial charge on any atom is 0.127 e. The Bertz CT molecular complexity index is 346. The van der Waals surface area contributed by atoms with Gasteiger partial charge in [0, 0.05) is 0 Å². The standard InChI is InChI=1S/C18H36N2O2S/c1-15-10-16(12-18(2,3)11-15)22-14-17(23)13-20-6-4-19(5-7-20)8-9-21/h15-17,21,23H,4-14H2,1-3H3/p+2/t15-,16-,17-/m1/s1. The molecular weight excluding hydrogens is 308 g/mol. The van der Waals surface area contributed by atoms with E-state index in [0.29, 0.717) is 23.4 Å². The van der Waals surface area contributed by atoms with E-state index < -0.39 is 0 Å². The van der Waals surface area contributed by atoms with E-state index in [1.54, 1.807) is 9.80 Å². The molecule has 2 rings (SSSR count). The first-order chi connectivity index (χ1) is 10.9. The molecule has 0 aromatic rings. The molecule has 0 aromatic heterocycles. The van der Waals surface area contributed by atoms with Gasteiger partial charge in [-0.2, -0.15) is 12.6 Å². The van der Waals surface area contributed by atoms with Crippen molar-refractivity contribution >= 4 is 12.6 Å². The topological polar surface area (TPSA) is 38.3 Å². The van der Waals surface area contributed by atoms with Gasteiger partial charge in [0.2, 0.25) is 0 Å². The van der Waals surface area contributed by atoms with E-state index in [0.717, 1.165) is 25.6 Å². The van der Waals surface area contributed by atoms with Gasteiger partial charge in [0.1, 0.15) is 32.7 Å². The van der Waals surface area contributed by atoms with Gasteiger partial charge in [-0.15, -0.1) is 0 Å². The van der Waals surface area contributed by atoms with Crippen LogP contribution in [0.5, 0.6) is 0 Å². The Kier molecular flexibility index (Phi) is 7.67. The summed E-state index contributed by atoms with van der Waals surface area (Å²) in [6.07, 6.45) is 4.14. The number of thiol groups is 1. The third-order valence-electron chi connectivity index (χ3n) is 5.52. The second-order valence-electron chi connectivity index (χ2n) is 8.70. The molecule has 3 N–H and O–H groups in total.